The quantitative estimate of drug-likeness (QED) is 0.406. The highest BCUT2D eigenvalue weighted by atomic mass is 35.5. The first-order valence-corrected chi connectivity index (χ1v) is 7.95. The van der Waals surface area contributed by atoms with E-state index in [0.29, 0.717) is 24.3 Å². The Kier molecular flexibility index (Phi) is 6.59. The van der Waals surface area contributed by atoms with E-state index in [1.54, 1.807) is 5.48 Å². The Morgan fingerprint density at radius 2 is 1.78 bits per heavy atom. The normalized spacial score (nSPS) is 12.0. The molecule has 0 bridgehead atoms. The van der Waals surface area contributed by atoms with Crippen molar-refractivity contribution < 1.29 is 15.1 Å². The van der Waals surface area contributed by atoms with Gasteiger partial charge in [-0.15, -0.1) is 0 Å². The van der Waals surface area contributed by atoms with Crippen molar-refractivity contribution in [1.29, 1.82) is 0 Å². The van der Waals surface area contributed by atoms with Crippen molar-refractivity contribution in [2.45, 2.75) is 31.8 Å². The second-order valence-corrected chi connectivity index (χ2v) is 5.83. The predicted octanol–water partition coefficient (Wildman–Crippen LogP) is 4.11. The Hall–Kier alpha value is -1.88. The van der Waals surface area contributed by atoms with E-state index in [1.165, 1.54) is 0 Å². The lowest BCUT2D eigenvalue weighted by molar-refractivity contribution is -0.129. The number of hydrogen-bond acceptors (Lipinski definition) is 3. The molecule has 2 aromatic carbocycles. The molecule has 0 radical (unpaired) electrons. The van der Waals surface area contributed by atoms with Gasteiger partial charge in [0.25, 0.3) is 0 Å². The highest BCUT2D eigenvalue weighted by molar-refractivity contribution is 6.30. The summed E-state index contributed by atoms with van der Waals surface area (Å²) in [5.74, 6) is -0.402. The number of unbranched alkanes of at least 4 members (excludes halogenated alkanes) is 1. The molecule has 4 nitrogen and oxygen atoms in total. The molecule has 1 amide bonds. The van der Waals surface area contributed by atoms with Gasteiger partial charge in [-0.05, 0) is 41.7 Å². The van der Waals surface area contributed by atoms with Gasteiger partial charge < -0.3 is 5.11 Å². The number of carbonyl (C=O) groups excluding carboxylic acids is 1. The number of aliphatic hydroxyl groups excluding tert-OH is 1. The van der Waals surface area contributed by atoms with Crippen molar-refractivity contribution in [2.75, 3.05) is 0 Å². The van der Waals surface area contributed by atoms with Crippen molar-refractivity contribution in [3.63, 3.8) is 0 Å². The number of hydroxylamine groups is 1. The smallest absolute Gasteiger partial charge is 0.243 e. The van der Waals surface area contributed by atoms with Crippen LogP contribution in [0.2, 0.25) is 5.02 Å². The SMILES string of the molecule is O=C(CCCCC(O)c1ccccc1-c1ccc(Cl)cc1)NO. The zero-order valence-corrected chi connectivity index (χ0v) is 13.5. The van der Waals surface area contributed by atoms with Gasteiger partial charge in [0.05, 0.1) is 6.10 Å². The lowest BCUT2D eigenvalue weighted by Gasteiger charge is -2.16. The molecule has 0 aliphatic rings. The zero-order valence-electron chi connectivity index (χ0n) is 12.7. The van der Waals surface area contributed by atoms with Crippen LogP contribution in [0.1, 0.15) is 37.4 Å². The van der Waals surface area contributed by atoms with Gasteiger partial charge in [-0.25, -0.2) is 5.48 Å². The van der Waals surface area contributed by atoms with Crippen LogP contribution in [-0.4, -0.2) is 16.2 Å². The summed E-state index contributed by atoms with van der Waals surface area (Å²) in [5.41, 5.74) is 4.45. The van der Waals surface area contributed by atoms with Gasteiger partial charge in [-0.1, -0.05) is 54.4 Å². The van der Waals surface area contributed by atoms with Gasteiger partial charge in [-0.2, -0.15) is 0 Å². The first-order valence-electron chi connectivity index (χ1n) is 7.57. The Balaban J connectivity index is 2.04. The monoisotopic (exact) mass is 333 g/mol. The van der Waals surface area contributed by atoms with E-state index in [9.17, 15) is 9.90 Å². The van der Waals surface area contributed by atoms with E-state index in [-0.39, 0.29) is 6.42 Å². The van der Waals surface area contributed by atoms with Gasteiger partial charge in [0, 0.05) is 11.4 Å². The van der Waals surface area contributed by atoms with Crippen molar-refractivity contribution in [1.82, 2.24) is 5.48 Å². The molecule has 0 fully saturated rings. The second kappa shape index (κ2) is 8.67. The average molecular weight is 334 g/mol. The summed E-state index contributed by atoms with van der Waals surface area (Å²) in [6.45, 7) is 0. The van der Waals surface area contributed by atoms with Crippen LogP contribution < -0.4 is 5.48 Å². The second-order valence-electron chi connectivity index (χ2n) is 5.39. The van der Waals surface area contributed by atoms with E-state index < -0.39 is 12.0 Å². The topological polar surface area (TPSA) is 69.6 Å². The van der Waals surface area contributed by atoms with E-state index in [1.807, 2.05) is 48.5 Å². The Morgan fingerprint density at radius 1 is 1.09 bits per heavy atom. The number of carbonyl (C=O) groups is 1. The van der Waals surface area contributed by atoms with Gasteiger partial charge in [0.1, 0.15) is 0 Å². The molecule has 122 valence electrons. The zero-order chi connectivity index (χ0) is 16.7. The first kappa shape index (κ1) is 17.5. The summed E-state index contributed by atoms with van der Waals surface area (Å²) in [7, 11) is 0. The predicted molar refractivity (Wildman–Crippen MR) is 90.2 cm³/mol. The van der Waals surface area contributed by atoms with Crippen LogP contribution in [0.25, 0.3) is 11.1 Å². The molecule has 1 atom stereocenters. The number of halogens is 1. The summed E-state index contributed by atoms with van der Waals surface area (Å²) < 4.78 is 0. The van der Waals surface area contributed by atoms with Crippen LogP contribution in [0, 0.1) is 0 Å². The molecule has 23 heavy (non-hydrogen) atoms. The third-order valence-electron chi connectivity index (χ3n) is 3.73. The Morgan fingerprint density at radius 3 is 2.48 bits per heavy atom. The third-order valence-corrected chi connectivity index (χ3v) is 3.98. The number of benzene rings is 2. The summed E-state index contributed by atoms with van der Waals surface area (Å²) in [6.07, 6.45) is 1.53. The van der Waals surface area contributed by atoms with Crippen molar-refractivity contribution in [3.05, 3.63) is 59.1 Å². The van der Waals surface area contributed by atoms with Crippen LogP contribution in [0.4, 0.5) is 0 Å². The lowest BCUT2D eigenvalue weighted by Crippen LogP contribution is -2.17. The van der Waals surface area contributed by atoms with Crippen LogP contribution in [0.15, 0.2) is 48.5 Å². The standard InChI is InChI=1S/C18H20ClNO3/c19-14-11-9-13(10-12-14)15-5-1-2-6-16(15)17(21)7-3-4-8-18(22)20-23/h1-2,5-6,9-12,17,21,23H,3-4,7-8H2,(H,20,22). The van der Waals surface area contributed by atoms with E-state index in [2.05, 4.69) is 0 Å². The number of amides is 1. The van der Waals surface area contributed by atoms with Crippen molar-refractivity contribution >= 4 is 17.5 Å². The molecule has 1 unspecified atom stereocenters. The molecule has 0 saturated heterocycles. The molecule has 5 heteroatoms. The third kappa shape index (κ3) is 5.06. The molecule has 0 aromatic heterocycles. The van der Waals surface area contributed by atoms with Crippen molar-refractivity contribution in [3.8, 4) is 11.1 Å². The minimum Gasteiger partial charge on any atom is -0.388 e. The molecule has 0 saturated carbocycles. The minimum atomic E-state index is -0.598. The van der Waals surface area contributed by atoms with Crippen molar-refractivity contribution in [2.24, 2.45) is 0 Å². The maximum absolute atomic E-state index is 11.0. The number of rotatable bonds is 7. The van der Waals surface area contributed by atoms with Gasteiger partial charge in [0.2, 0.25) is 5.91 Å². The minimum absolute atomic E-state index is 0.252. The number of aliphatic hydroxyl groups is 1. The molecule has 0 aliphatic heterocycles. The average Bonchev–Trinajstić information content (AvgIpc) is 2.59. The van der Waals surface area contributed by atoms with E-state index in [0.717, 1.165) is 16.7 Å². The van der Waals surface area contributed by atoms with Crippen LogP contribution in [-0.2, 0) is 4.79 Å². The van der Waals surface area contributed by atoms with Gasteiger partial charge >= 0.3 is 0 Å². The maximum Gasteiger partial charge on any atom is 0.243 e. The molecule has 0 spiro atoms. The summed E-state index contributed by atoms with van der Waals surface area (Å²) in [5, 5.41) is 19.6. The molecule has 2 aromatic rings. The lowest BCUT2D eigenvalue weighted by atomic mass is 9.94. The summed E-state index contributed by atoms with van der Waals surface area (Å²) in [6, 6.07) is 15.2. The molecule has 2 rings (SSSR count). The highest BCUT2D eigenvalue weighted by Crippen LogP contribution is 2.31. The first-order chi connectivity index (χ1) is 11.1. The Labute approximate surface area is 140 Å². The molecule has 0 aliphatic carbocycles. The molecule has 0 heterocycles. The summed E-state index contributed by atoms with van der Waals surface area (Å²) in [4.78, 5) is 11.0. The fourth-order valence-electron chi connectivity index (χ4n) is 2.51. The maximum atomic E-state index is 11.0. The highest BCUT2D eigenvalue weighted by Gasteiger charge is 2.13. The fourth-order valence-corrected chi connectivity index (χ4v) is 2.64. The number of hydrogen-bond donors (Lipinski definition) is 3. The van der Waals surface area contributed by atoms with Gasteiger partial charge in [0.15, 0.2) is 0 Å². The number of nitrogens with one attached hydrogen (secondary N) is 1. The molecular formula is C18H20ClNO3. The summed E-state index contributed by atoms with van der Waals surface area (Å²) >= 11 is 5.92. The largest absolute Gasteiger partial charge is 0.388 e. The van der Waals surface area contributed by atoms with E-state index in [4.69, 9.17) is 16.8 Å². The van der Waals surface area contributed by atoms with Crippen LogP contribution in [0.3, 0.4) is 0 Å². The van der Waals surface area contributed by atoms with Gasteiger partial charge in [-0.3, -0.25) is 10.0 Å². The van der Waals surface area contributed by atoms with Crippen LogP contribution >= 0.6 is 11.6 Å². The van der Waals surface area contributed by atoms with E-state index >= 15 is 0 Å². The fraction of sp³-hybridized carbons (Fsp3) is 0.278. The molecular weight excluding hydrogens is 314 g/mol. The van der Waals surface area contributed by atoms with Crippen LogP contribution in [0.5, 0.6) is 0 Å². The Bertz CT molecular complexity index is 643. The molecule has 3 N–H and O–H groups in total.